The van der Waals surface area contributed by atoms with Gasteiger partial charge in [0, 0.05) is 31.0 Å². The zero-order valence-electron chi connectivity index (χ0n) is 14.2. The standard InChI is InChI=1S/C20H20N4O/c1-15-5-2-6-16(11-15)19-12-18-14-23(9-4-10-24(18)22-19)20(25)17-7-3-8-21-13-17/h2-3,5-8,11-13H,4,9-10,14H2,1H3. The van der Waals surface area contributed by atoms with E-state index >= 15 is 0 Å². The van der Waals surface area contributed by atoms with Crippen LogP contribution in [0.1, 0.15) is 28.0 Å². The molecule has 126 valence electrons. The van der Waals surface area contributed by atoms with Crippen LogP contribution in [0.3, 0.4) is 0 Å². The molecule has 4 rings (SSSR count). The lowest BCUT2D eigenvalue weighted by molar-refractivity contribution is 0.0745. The van der Waals surface area contributed by atoms with E-state index in [1.807, 2.05) is 21.7 Å². The lowest BCUT2D eigenvalue weighted by Crippen LogP contribution is -2.30. The molecule has 0 spiro atoms. The molecule has 0 unspecified atom stereocenters. The molecule has 1 amide bonds. The first-order valence-corrected chi connectivity index (χ1v) is 8.54. The van der Waals surface area contributed by atoms with Gasteiger partial charge in [0.05, 0.1) is 23.5 Å². The molecule has 0 saturated heterocycles. The highest BCUT2D eigenvalue weighted by Crippen LogP contribution is 2.23. The maximum atomic E-state index is 12.7. The second-order valence-corrected chi connectivity index (χ2v) is 6.44. The summed E-state index contributed by atoms with van der Waals surface area (Å²) in [7, 11) is 0. The van der Waals surface area contributed by atoms with E-state index in [9.17, 15) is 4.79 Å². The first-order valence-electron chi connectivity index (χ1n) is 8.54. The number of benzene rings is 1. The number of carbonyl (C=O) groups excluding carboxylic acids is 1. The molecule has 25 heavy (non-hydrogen) atoms. The van der Waals surface area contributed by atoms with Gasteiger partial charge in [-0.25, -0.2) is 0 Å². The predicted octanol–water partition coefficient (Wildman–Crippen LogP) is 3.30. The van der Waals surface area contributed by atoms with Gasteiger partial charge >= 0.3 is 0 Å². The third kappa shape index (κ3) is 3.18. The van der Waals surface area contributed by atoms with Crippen molar-refractivity contribution in [2.75, 3.05) is 6.54 Å². The van der Waals surface area contributed by atoms with Gasteiger partial charge in [-0.1, -0.05) is 23.8 Å². The van der Waals surface area contributed by atoms with E-state index < -0.39 is 0 Å². The number of aromatic nitrogens is 3. The smallest absolute Gasteiger partial charge is 0.255 e. The number of hydrogen-bond acceptors (Lipinski definition) is 3. The van der Waals surface area contributed by atoms with Crippen LogP contribution in [0.2, 0.25) is 0 Å². The normalized spacial score (nSPS) is 14.0. The number of hydrogen-bond donors (Lipinski definition) is 0. The summed E-state index contributed by atoms with van der Waals surface area (Å²) in [6.07, 6.45) is 4.21. The molecule has 0 bridgehead atoms. The highest BCUT2D eigenvalue weighted by molar-refractivity contribution is 5.93. The summed E-state index contributed by atoms with van der Waals surface area (Å²) in [6.45, 7) is 4.22. The minimum atomic E-state index is 0.0276. The molecular weight excluding hydrogens is 312 g/mol. The average Bonchev–Trinajstić information content (AvgIpc) is 2.94. The number of fused-ring (bicyclic) bond motifs is 1. The number of pyridine rings is 1. The predicted molar refractivity (Wildman–Crippen MR) is 96.0 cm³/mol. The van der Waals surface area contributed by atoms with Gasteiger partial charge in [-0.15, -0.1) is 0 Å². The van der Waals surface area contributed by atoms with Gasteiger partial charge in [0.2, 0.25) is 0 Å². The van der Waals surface area contributed by atoms with Gasteiger partial charge in [-0.05, 0) is 37.6 Å². The van der Waals surface area contributed by atoms with E-state index in [4.69, 9.17) is 5.10 Å². The van der Waals surface area contributed by atoms with Crippen LogP contribution in [0, 0.1) is 6.92 Å². The van der Waals surface area contributed by atoms with Gasteiger partial charge < -0.3 is 4.90 Å². The fraction of sp³-hybridized carbons (Fsp3) is 0.250. The monoisotopic (exact) mass is 332 g/mol. The summed E-state index contributed by atoms with van der Waals surface area (Å²) >= 11 is 0. The zero-order chi connectivity index (χ0) is 17.2. The van der Waals surface area contributed by atoms with Crippen molar-refractivity contribution in [2.45, 2.75) is 26.4 Å². The Balaban J connectivity index is 1.61. The third-order valence-electron chi connectivity index (χ3n) is 4.52. The number of rotatable bonds is 2. The molecule has 1 aliphatic rings. The van der Waals surface area contributed by atoms with Crippen LogP contribution in [-0.2, 0) is 13.1 Å². The molecule has 1 aromatic carbocycles. The van der Waals surface area contributed by atoms with Crippen molar-refractivity contribution < 1.29 is 4.79 Å². The van der Waals surface area contributed by atoms with Crippen molar-refractivity contribution >= 4 is 5.91 Å². The fourth-order valence-corrected chi connectivity index (χ4v) is 3.25. The highest BCUT2D eigenvalue weighted by Gasteiger charge is 2.22. The molecule has 3 heterocycles. The van der Waals surface area contributed by atoms with Crippen LogP contribution in [0.15, 0.2) is 54.9 Å². The number of aryl methyl sites for hydroxylation is 2. The number of nitrogens with zero attached hydrogens (tertiary/aromatic N) is 4. The van der Waals surface area contributed by atoms with E-state index in [1.54, 1.807) is 18.5 Å². The molecule has 0 radical (unpaired) electrons. The van der Waals surface area contributed by atoms with Crippen molar-refractivity contribution in [2.24, 2.45) is 0 Å². The Morgan fingerprint density at radius 1 is 1.12 bits per heavy atom. The molecular formula is C20H20N4O. The van der Waals surface area contributed by atoms with E-state index in [2.05, 4.69) is 36.2 Å². The van der Waals surface area contributed by atoms with Gasteiger partial charge in [-0.2, -0.15) is 5.10 Å². The van der Waals surface area contributed by atoms with Gasteiger partial charge in [0.1, 0.15) is 0 Å². The molecule has 3 aromatic rings. The number of amides is 1. The lowest BCUT2D eigenvalue weighted by Gasteiger charge is -2.19. The summed E-state index contributed by atoms with van der Waals surface area (Å²) in [6, 6.07) is 14.1. The molecule has 5 nitrogen and oxygen atoms in total. The van der Waals surface area contributed by atoms with E-state index in [0.29, 0.717) is 12.1 Å². The van der Waals surface area contributed by atoms with Crippen molar-refractivity contribution in [1.82, 2.24) is 19.7 Å². The molecule has 5 heteroatoms. The number of carbonyl (C=O) groups is 1. The Morgan fingerprint density at radius 3 is 2.84 bits per heavy atom. The Kier molecular flexibility index (Phi) is 4.06. The minimum absolute atomic E-state index is 0.0276. The first kappa shape index (κ1) is 15.6. The minimum Gasteiger partial charge on any atom is -0.333 e. The Morgan fingerprint density at radius 2 is 2.04 bits per heavy atom. The summed E-state index contributed by atoms with van der Waals surface area (Å²) in [5.41, 5.74) is 5.01. The van der Waals surface area contributed by atoms with Crippen molar-refractivity contribution in [3.8, 4) is 11.3 Å². The molecule has 1 aliphatic heterocycles. The fourth-order valence-electron chi connectivity index (χ4n) is 3.25. The summed E-state index contributed by atoms with van der Waals surface area (Å²) in [5, 5.41) is 4.76. The van der Waals surface area contributed by atoms with Crippen LogP contribution in [0.25, 0.3) is 11.3 Å². The zero-order valence-corrected chi connectivity index (χ0v) is 14.2. The quantitative estimate of drug-likeness (QED) is 0.723. The molecule has 0 atom stereocenters. The summed E-state index contributed by atoms with van der Waals surface area (Å²) in [5.74, 6) is 0.0276. The first-order chi connectivity index (χ1) is 12.2. The molecule has 2 aromatic heterocycles. The second kappa shape index (κ2) is 6.51. The summed E-state index contributed by atoms with van der Waals surface area (Å²) < 4.78 is 2.04. The molecule has 0 saturated carbocycles. The lowest BCUT2D eigenvalue weighted by atomic mass is 10.1. The maximum absolute atomic E-state index is 12.7. The highest BCUT2D eigenvalue weighted by atomic mass is 16.2. The average molecular weight is 332 g/mol. The van der Waals surface area contributed by atoms with Crippen LogP contribution >= 0.6 is 0 Å². The maximum Gasteiger partial charge on any atom is 0.255 e. The van der Waals surface area contributed by atoms with Crippen LogP contribution in [0.5, 0.6) is 0 Å². The summed E-state index contributed by atoms with van der Waals surface area (Å²) in [4.78, 5) is 18.7. The van der Waals surface area contributed by atoms with Crippen molar-refractivity contribution in [1.29, 1.82) is 0 Å². The Labute approximate surface area is 146 Å². The Bertz CT molecular complexity index is 901. The SMILES string of the molecule is Cc1cccc(-c2cc3n(n2)CCCN(C(=O)c2cccnc2)C3)c1. The molecule has 0 N–H and O–H groups in total. The third-order valence-corrected chi connectivity index (χ3v) is 4.52. The topological polar surface area (TPSA) is 51.0 Å². The largest absolute Gasteiger partial charge is 0.333 e. The van der Waals surface area contributed by atoms with Gasteiger partial charge in [0.25, 0.3) is 5.91 Å². The van der Waals surface area contributed by atoms with Crippen LogP contribution < -0.4 is 0 Å². The molecule has 0 aliphatic carbocycles. The van der Waals surface area contributed by atoms with E-state index in [-0.39, 0.29) is 5.91 Å². The van der Waals surface area contributed by atoms with Crippen molar-refractivity contribution in [3.63, 3.8) is 0 Å². The van der Waals surface area contributed by atoms with Crippen LogP contribution in [0.4, 0.5) is 0 Å². The molecule has 0 fully saturated rings. The van der Waals surface area contributed by atoms with E-state index in [0.717, 1.165) is 36.5 Å². The van der Waals surface area contributed by atoms with Gasteiger partial charge in [0.15, 0.2) is 0 Å². The van der Waals surface area contributed by atoms with Gasteiger partial charge in [-0.3, -0.25) is 14.5 Å². The van der Waals surface area contributed by atoms with Crippen molar-refractivity contribution in [3.05, 3.63) is 71.7 Å². The Hall–Kier alpha value is -2.95. The second-order valence-electron chi connectivity index (χ2n) is 6.44. The van der Waals surface area contributed by atoms with E-state index in [1.165, 1.54) is 5.56 Å². The van der Waals surface area contributed by atoms with Crippen LogP contribution in [-0.4, -0.2) is 32.1 Å².